The summed E-state index contributed by atoms with van der Waals surface area (Å²) in [7, 11) is 5.53. The molecule has 0 saturated carbocycles. The molecule has 0 bridgehead atoms. The topological polar surface area (TPSA) is 56.9 Å². The van der Waals surface area contributed by atoms with Crippen molar-refractivity contribution < 1.29 is 4.74 Å². The number of likely N-dealkylation sites (N-methyl/N-ethyl adjacent to an activating group) is 1. The third-order valence-corrected chi connectivity index (χ3v) is 3.75. The maximum atomic E-state index is 5.41. The van der Waals surface area contributed by atoms with Crippen molar-refractivity contribution >= 4 is 11.0 Å². The number of hydrogen-bond acceptors (Lipinski definition) is 4. The minimum absolute atomic E-state index is 0.0880. The second kappa shape index (κ2) is 5.57. The number of para-hydroxylation sites is 2. The van der Waals surface area contributed by atoms with Crippen LogP contribution in [-0.4, -0.2) is 33.5 Å². The molecule has 110 valence electrons. The lowest BCUT2D eigenvalue weighted by atomic mass is 10.2. The monoisotopic (exact) mass is 285 g/mol. The zero-order valence-electron chi connectivity index (χ0n) is 12.4. The van der Waals surface area contributed by atoms with Crippen molar-refractivity contribution in [2.75, 3.05) is 14.2 Å². The van der Waals surface area contributed by atoms with Crippen LogP contribution in [0.2, 0.25) is 0 Å². The number of methoxy groups -OCH3 is 1. The van der Waals surface area contributed by atoms with Crippen LogP contribution in [0.15, 0.2) is 36.8 Å². The Hall–Kier alpha value is -2.34. The lowest BCUT2D eigenvalue weighted by Crippen LogP contribution is -2.24. The number of benzene rings is 1. The highest BCUT2D eigenvalue weighted by molar-refractivity contribution is 5.74. The molecule has 1 N–H and O–H groups in total. The molecule has 0 saturated heterocycles. The molecule has 6 heteroatoms. The van der Waals surface area contributed by atoms with E-state index in [1.165, 1.54) is 0 Å². The second-order valence-corrected chi connectivity index (χ2v) is 4.95. The zero-order valence-corrected chi connectivity index (χ0v) is 12.4. The van der Waals surface area contributed by atoms with E-state index in [1.807, 2.05) is 43.3 Å². The van der Waals surface area contributed by atoms with Crippen molar-refractivity contribution in [1.29, 1.82) is 0 Å². The Bertz CT molecular complexity index is 745. The number of nitrogens with zero attached hydrogens (tertiary/aromatic N) is 4. The molecule has 21 heavy (non-hydrogen) atoms. The van der Waals surface area contributed by atoms with Crippen molar-refractivity contribution in [3.63, 3.8) is 0 Å². The van der Waals surface area contributed by atoms with Crippen LogP contribution >= 0.6 is 0 Å². The summed E-state index contributed by atoms with van der Waals surface area (Å²) >= 11 is 0. The van der Waals surface area contributed by atoms with E-state index in [0.717, 1.165) is 29.0 Å². The molecule has 3 rings (SSSR count). The number of aromatic nitrogens is 4. The molecule has 0 aliphatic heterocycles. The Morgan fingerprint density at radius 2 is 2.14 bits per heavy atom. The standard InChI is InChI=1S/C15H19N5O/c1-16-12(15-14(21-3)8-18-19(15)2)9-20-10-17-11-6-4-5-7-13(11)20/h4-8,10,12,16H,9H2,1-3H3. The maximum Gasteiger partial charge on any atom is 0.161 e. The van der Waals surface area contributed by atoms with Gasteiger partial charge >= 0.3 is 0 Å². The highest BCUT2D eigenvalue weighted by Crippen LogP contribution is 2.26. The SMILES string of the molecule is CNC(Cn1cnc2ccccc21)c1c(OC)cnn1C. The normalized spacial score (nSPS) is 12.7. The molecular weight excluding hydrogens is 266 g/mol. The Morgan fingerprint density at radius 1 is 1.33 bits per heavy atom. The summed E-state index contributed by atoms with van der Waals surface area (Å²) in [5.41, 5.74) is 3.15. The number of ether oxygens (including phenoxy) is 1. The van der Waals surface area contributed by atoms with E-state index < -0.39 is 0 Å². The summed E-state index contributed by atoms with van der Waals surface area (Å²) < 4.78 is 9.40. The average molecular weight is 285 g/mol. The minimum atomic E-state index is 0.0880. The van der Waals surface area contributed by atoms with E-state index in [0.29, 0.717) is 0 Å². The Balaban J connectivity index is 1.96. The molecule has 2 heterocycles. The van der Waals surface area contributed by atoms with Gasteiger partial charge in [0.1, 0.15) is 0 Å². The molecule has 0 fully saturated rings. The molecule has 0 spiro atoms. The van der Waals surface area contributed by atoms with Crippen molar-refractivity contribution in [2.24, 2.45) is 7.05 Å². The summed E-state index contributed by atoms with van der Waals surface area (Å²) in [6, 6.07) is 8.21. The molecule has 1 atom stereocenters. The number of imidazole rings is 1. The fourth-order valence-electron chi connectivity index (χ4n) is 2.65. The predicted octanol–water partition coefficient (Wildman–Crippen LogP) is 1.74. The molecule has 1 aromatic carbocycles. The lowest BCUT2D eigenvalue weighted by molar-refractivity contribution is 0.389. The molecule has 6 nitrogen and oxygen atoms in total. The van der Waals surface area contributed by atoms with Crippen LogP contribution in [0.5, 0.6) is 5.75 Å². The first-order valence-electron chi connectivity index (χ1n) is 6.87. The average Bonchev–Trinajstić information content (AvgIpc) is 3.08. The van der Waals surface area contributed by atoms with E-state index in [2.05, 4.69) is 26.0 Å². The van der Waals surface area contributed by atoms with E-state index >= 15 is 0 Å². The van der Waals surface area contributed by atoms with Crippen LogP contribution in [0.1, 0.15) is 11.7 Å². The van der Waals surface area contributed by atoms with Crippen molar-refractivity contribution in [1.82, 2.24) is 24.6 Å². The first-order chi connectivity index (χ1) is 10.2. The van der Waals surface area contributed by atoms with Gasteiger partial charge in [-0.15, -0.1) is 0 Å². The van der Waals surface area contributed by atoms with Gasteiger partial charge in [0.15, 0.2) is 5.75 Å². The van der Waals surface area contributed by atoms with Crippen LogP contribution < -0.4 is 10.1 Å². The van der Waals surface area contributed by atoms with E-state index in [4.69, 9.17) is 4.74 Å². The Labute approximate surface area is 123 Å². The minimum Gasteiger partial charge on any atom is -0.493 e. The van der Waals surface area contributed by atoms with Gasteiger partial charge in [0, 0.05) is 13.6 Å². The molecule has 1 unspecified atom stereocenters. The first kappa shape index (κ1) is 13.6. The molecule has 0 aliphatic rings. The zero-order chi connectivity index (χ0) is 14.8. The number of nitrogens with one attached hydrogen (secondary N) is 1. The Morgan fingerprint density at radius 3 is 2.90 bits per heavy atom. The third kappa shape index (κ3) is 2.38. The van der Waals surface area contributed by atoms with Gasteiger partial charge in [-0.05, 0) is 19.2 Å². The highest BCUT2D eigenvalue weighted by atomic mass is 16.5. The third-order valence-electron chi connectivity index (χ3n) is 3.75. The van der Waals surface area contributed by atoms with Crippen molar-refractivity contribution in [2.45, 2.75) is 12.6 Å². The number of aryl methyl sites for hydroxylation is 1. The summed E-state index contributed by atoms with van der Waals surface area (Å²) in [6.45, 7) is 0.757. The second-order valence-electron chi connectivity index (χ2n) is 4.95. The molecular formula is C15H19N5O. The van der Waals surface area contributed by atoms with E-state index in [1.54, 1.807) is 13.3 Å². The molecule has 2 aromatic heterocycles. The van der Waals surface area contributed by atoms with Crippen LogP contribution in [0.4, 0.5) is 0 Å². The highest BCUT2D eigenvalue weighted by Gasteiger charge is 2.20. The van der Waals surface area contributed by atoms with E-state index in [9.17, 15) is 0 Å². The number of rotatable bonds is 5. The predicted molar refractivity (Wildman–Crippen MR) is 81.3 cm³/mol. The largest absolute Gasteiger partial charge is 0.493 e. The molecule has 0 amide bonds. The van der Waals surface area contributed by atoms with Gasteiger partial charge < -0.3 is 14.6 Å². The summed E-state index contributed by atoms with van der Waals surface area (Å²) in [5.74, 6) is 0.793. The van der Waals surface area contributed by atoms with Crippen LogP contribution in [-0.2, 0) is 13.6 Å². The van der Waals surface area contributed by atoms with E-state index in [-0.39, 0.29) is 6.04 Å². The van der Waals surface area contributed by atoms with Gasteiger partial charge in [0.25, 0.3) is 0 Å². The molecule has 3 aromatic rings. The van der Waals surface area contributed by atoms with Gasteiger partial charge in [-0.1, -0.05) is 12.1 Å². The van der Waals surface area contributed by atoms with Crippen LogP contribution in [0, 0.1) is 0 Å². The van der Waals surface area contributed by atoms with Crippen LogP contribution in [0.3, 0.4) is 0 Å². The summed E-state index contributed by atoms with van der Waals surface area (Å²) in [4.78, 5) is 4.43. The first-order valence-corrected chi connectivity index (χ1v) is 6.87. The fourth-order valence-corrected chi connectivity index (χ4v) is 2.65. The van der Waals surface area contributed by atoms with Crippen molar-refractivity contribution in [3.05, 3.63) is 42.5 Å². The maximum absolute atomic E-state index is 5.41. The quantitative estimate of drug-likeness (QED) is 0.776. The molecule has 0 aliphatic carbocycles. The van der Waals surface area contributed by atoms with Crippen molar-refractivity contribution in [3.8, 4) is 5.75 Å². The fraction of sp³-hybridized carbons (Fsp3) is 0.333. The van der Waals surface area contributed by atoms with Gasteiger partial charge in [-0.3, -0.25) is 4.68 Å². The van der Waals surface area contributed by atoms with Gasteiger partial charge in [0.2, 0.25) is 0 Å². The molecule has 0 radical (unpaired) electrons. The lowest BCUT2D eigenvalue weighted by Gasteiger charge is -2.19. The summed E-state index contributed by atoms with van der Waals surface area (Å²) in [6.07, 6.45) is 3.61. The number of fused-ring (bicyclic) bond motifs is 1. The van der Waals surface area contributed by atoms with Gasteiger partial charge in [-0.25, -0.2) is 4.98 Å². The smallest absolute Gasteiger partial charge is 0.161 e. The van der Waals surface area contributed by atoms with Gasteiger partial charge in [-0.2, -0.15) is 5.10 Å². The van der Waals surface area contributed by atoms with Crippen LogP contribution in [0.25, 0.3) is 11.0 Å². The summed E-state index contributed by atoms with van der Waals surface area (Å²) in [5, 5.41) is 7.61. The van der Waals surface area contributed by atoms with Gasteiger partial charge in [0.05, 0.1) is 42.4 Å². The Kier molecular flexibility index (Phi) is 3.62. The number of hydrogen-bond donors (Lipinski definition) is 1.